The predicted molar refractivity (Wildman–Crippen MR) is 138 cm³/mol. The molecule has 0 saturated heterocycles. The van der Waals surface area contributed by atoms with E-state index < -0.39 is 64.7 Å². The smallest absolute Gasteiger partial charge is 0.429 e. The van der Waals surface area contributed by atoms with Gasteiger partial charge >= 0.3 is 12.2 Å². The van der Waals surface area contributed by atoms with Gasteiger partial charge in [0.1, 0.15) is 17.4 Å². The molecule has 0 radical (unpaired) electrons. The quantitative estimate of drug-likeness (QED) is 0.166. The fourth-order valence-electron chi connectivity index (χ4n) is 4.20. The average molecular weight is 614 g/mol. The highest BCUT2D eigenvalue weighted by Gasteiger charge is 2.39. The van der Waals surface area contributed by atoms with Crippen molar-refractivity contribution < 1.29 is 53.4 Å². The van der Waals surface area contributed by atoms with Crippen LogP contribution < -0.4 is 9.47 Å². The molecule has 0 aliphatic rings. The molecule has 4 aromatic rings. The summed E-state index contributed by atoms with van der Waals surface area (Å²) >= 11 is 0. The van der Waals surface area contributed by atoms with Crippen molar-refractivity contribution in [2.24, 2.45) is 0 Å². The summed E-state index contributed by atoms with van der Waals surface area (Å²) in [7, 11) is 0. The zero-order chi connectivity index (χ0) is 31.5. The Morgan fingerprint density at radius 1 is 0.674 bits per heavy atom. The number of ether oxygens (including phenoxy) is 2. The number of aryl methyl sites for hydroxylation is 1. The predicted octanol–water partition coefficient (Wildman–Crippen LogP) is 10.4. The Labute approximate surface area is 238 Å². The molecule has 0 N–H and O–H groups in total. The van der Waals surface area contributed by atoms with Crippen LogP contribution in [0.1, 0.15) is 24.5 Å². The van der Waals surface area contributed by atoms with E-state index in [2.05, 4.69) is 9.47 Å². The molecular formula is C31H20F10O2. The molecular weight excluding hydrogens is 594 g/mol. The Bertz CT molecular complexity index is 1620. The lowest BCUT2D eigenvalue weighted by Gasteiger charge is -2.20. The third-order valence-electron chi connectivity index (χ3n) is 6.12. The van der Waals surface area contributed by atoms with Crippen LogP contribution in [0.5, 0.6) is 11.5 Å². The lowest BCUT2D eigenvalue weighted by Crippen LogP contribution is -2.25. The van der Waals surface area contributed by atoms with Crippen molar-refractivity contribution in [1.29, 1.82) is 0 Å². The molecule has 0 heterocycles. The molecule has 226 valence electrons. The maximum atomic E-state index is 14.8. The molecule has 4 rings (SSSR count). The van der Waals surface area contributed by atoms with E-state index in [0.717, 1.165) is 30.5 Å². The first-order valence-electron chi connectivity index (χ1n) is 12.5. The average Bonchev–Trinajstić information content (AvgIpc) is 2.90. The van der Waals surface area contributed by atoms with Crippen LogP contribution in [0, 0.1) is 23.3 Å². The molecule has 0 atom stereocenters. The van der Waals surface area contributed by atoms with E-state index in [4.69, 9.17) is 0 Å². The van der Waals surface area contributed by atoms with E-state index in [1.807, 2.05) is 13.0 Å². The highest BCUT2D eigenvalue weighted by molar-refractivity contribution is 5.71. The number of hydrogen-bond donors (Lipinski definition) is 0. The van der Waals surface area contributed by atoms with Gasteiger partial charge in [-0.25, -0.2) is 17.6 Å². The third kappa shape index (κ3) is 7.49. The molecule has 12 heteroatoms. The molecule has 0 aliphatic heterocycles. The molecule has 4 aromatic carbocycles. The maximum Gasteiger partial charge on any atom is 0.429 e. The van der Waals surface area contributed by atoms with E-state index >= 15 is 0 Å². The van der Waals surface area contributed by atoms with Gasteiger partial charge < -0.3 is 9.47 Å². The normalized spacial score (nSPS) is 11.8. The molecule has 0 bridgehead atoms. The van der Waals surface area contributed by atoms with Gasteiger partial charge in [-0.15, -0.1) is 0 Å². The van der Waals surface area contributed by atoms with E-state index in [0.29, 0.717) is 22.8 Å². The van der Waals surface area contributed by atoms with E-state index in [-0.39, 0.29) is 17.7 Å². The van der Waals surface area contributed by atoms with Crippen LogP contribution in [0.25, 0.3) is 22.3 Å². The summed E-state index contributed by atoms with van der Waals surface area (Å²) in [5, 5.41) is 0. The molecule has 2 nitrogen and oxygen atoms in total. The maximum absolute atomic E-state index is 14.8. The lowest BCUT2D eigenvalue weighted by atomic mass is 9.97. The topological polar surface area (TPSA) is 18.5 Å². The summed E-state index contributed by atoms with van der Waals surface area (Å²) in [6.07, 6.45) is -11.7. The zero-order valence-electron chi connectivity index (χ0n) is 22.0. The Morgan fingerprint density at radius 3 is 1.84 bits per heavy atom. The Morgan fingerprint density at radius 2 is 1.28 bits per heavy atom. The summed E-state index contributed by atoms with van der Waals surface area (Å²) in [6, 6.07) is 13.8. The van der Waals surface area contributed by atoms with Crippen molar-refractivity contribution in [3.8, 4) is 33.8 Å². The summed E-state index contributed by atoms with van der Waals surface area (Å²) < 4.78 is 146. The standard InChI is InChI=1S/C31H20F10O2/c1-2-3-17-4-10-22(24(32)12-17)19-7-5-18(6-8-19)20-9-11-23(25(33)13-20)31(40,41)42-21-14-26(34)29(27(35)15-21)43-30(38,39)16-28(36)37/h4-16H,2-3H2,1H3. The third-order valence-corrected chi connectivity index (χ3v) is 6.12. The molecule has 0 aromatic heterocycles. The van der Waals surface area contributed by atoms with Gasteiger partial charge in [0.25, 0.3) is 6.08 Å². The van der Waals surface area contributed by atoms with E-state index in [1.54, 1.807) is 18.2 Å². The van der Waals surface area contributed by atoms with Gasteiger partial charge in [-0.2, -0.15) is 26.3 Å². The van der Waals surface area contributed by atoms with Crippen LogP contribution in [0.2, 0.25) is 0 Å². The Kier molecular flexibility index (Phi) is 9.07. The van der Waals surface area contributed by atoms with Crippen LogP contribution >= 0.6 is 0 Å². The molecule has 43 heavy (non-hydrogen) atoms. The van der Waals surface area contributed by atoms with Crippen LogP contribution in [0.4, 0.5) is 43.9 Å². The van der Waals surface area contributed by atoms with Crippen molar-refractivity contribution in [3.63, 3.8) is 0 Å². The van der Waals surface area contributed by atoms with Gasteiger partial charge in [0.15, 0.2) is 17.4 Å². The highest BCUT2D eigenvalue weighted by Crippen LogP contribution is 2.38. The number of benzene rings is 4. The number of halogens is 10. The van der Waals surface area contributed by atoms with Crippen molar-refractivity contribution >= 4 is 0 Å². The summed E-state index contributed by atoms with van der Waals surface area (Å²) in [5.74, 6) is -8.90. The Balaban J connectivity index is 1.53. The van der Waals surface area contributed by atoms with Crippen molar-refractivity contribution in [3.05, 3.63) is 119 Å². The molecule has 0 saturated carbocycles. The summed E-state index contributed by atoms with van der Waals surface area (Å²) in [4.78, 5) is 0. The summed E-state index contributed by atoms with van der Waals surface area (Å²) in [5.41, 5.74) is 0.978. The first kappa shape index (κ1) is 31.5. The van der Waals surface area contributed by atoms with Crippen LogP contribution in [0.15, 0.2) is 85.0 Å². The van der Waals surface area contributed by atoms with Gasteiger partial charge in [-0.3, -0.25) is 0 Å². The van der Waals surface area contributed by atoms with Crippen molar-refractivity contribution in [1.82, 2.24) is 0 Å². The minimum Gasteiger partial charge on any atom is -0.429 e. The zero-order valence-corrected chi connectivity index (χ0v) is 22.0. The van der Waals surface area contributed by atoms with Crippen LogP contribution in [-0.4, -0.2) is 6.11 Å². The number of rotatable bonds is 10. The van der Waals surface area contributed by atoms with Crippen LogP contribution in [0.3, 0.4) is 0 Å². The highest BCUT2D eigenvalue weighted by atomic mass is 19.3. The van der Waals surface area contributed by atoms with Gasteiger partial charge in [0, 0.05) is 17.7 Å². The Hall–Kier alpha value is -4.48. The van der Waals surface area contributed by atoms with Crippen molar-refractivity contribution in [2.75, 3.05) is 0 Å². The van der Waals surface area contributed by atoms with E-state index in [9.17, 15) is 43.9 Å². The second-order valence-corrected chi connectivity index (χ2v) is 9.27. The van der Waals surface area contributed by atoms with Gasteiger partial charge in [0.2, 0.25) is 0 Å². The fourth-order valence-corrected chi connectivity index (χ4v) is 4.20. The first-order chi connectivity index (χ1) is 20.2. The van der Waals surface area contributed by atoms with Crippen molar-refractivity contribution in [2.45, 2.75) is 32.0 Å². The molecule has 0 spiro atoms. The molecule has 0 amide bonds. The van der Waals surface area contributed by atoms with Crippen LogP contribution in [-0.2, 0) is 12.5 Å². The second-order valence-electron chi connectivity index (χ2n) is 9.27. The van der Waals surface area contributed by atoms with Gasteiger partial charge in [0.05, 0.1) is 11.6 Å². The van der Waals surface area contributed by atoms with Gasteiger partial charge in [-0.1, -0.05) is 55.8 Å². The largest absolute Gasteiger partial charge is 0.429 e. The SMILES string of the molecule is CCCc1ccc(-c2ccc(-c3ccc(C(F)(F)Oc4cc(F)c(OC(F)(F)C=C(F)F)c(F)c4)c(F)c3)cc2)c(F)c1. The number of hydrogen-bond acceptors (Lipinski definition) is 2. The lowest BCUT2D eigenvalue weighted by molar-refractivity contribution is -0.187. The monoisotopic (exact) mass is 614 g/mol. The number of alkyl halides is 4. The molecule has 0 fully saturated rings. The fraction of sp³-hybridized carbons (Fsp3) is 0.161. The van der Waals surface area contributed by atoms with E-state index in [1.165, 1.54) is 18.2 Å². The van der Waals surface area contributed by atoms with Gasteiger partial charge in [-0.05, 0) is 46.9 Å². The molecule has 0 aliphatic carbocycles. The summed E-state index contributed by atoms with van der Waals surface area (Å²) in [6.45, 7) is 1.97. The minimum absolute atomic E-state index is 0.0337. The minimum atomic E-state index is -4.83. The molecule has 0 unspecified atom stereocenters. The first-order valence-corrected chi connectivity index (χ1v) is 12.5. The second kappa shape index (κ2) is 12.4.